The number of nitrogens with zero attached hydrogens (tertiary/aromatic N) is 3. The molecule has 0 aliphatic rings. The fourth-order valence-electron chi connectivity index (χ4n) is 3.60. The van der Waals surface area contributed by atoms with Gasteiger partial charge in [0, 0.05) is 38.0 Å². The number of carbonyl (C=O) groups excluding carboxylic acids is 1. The summed E-state index contributed by atoms with van der Waals surface area (Å²) in [4.78, 5) is 20.9. The molecule has 2 aromatic heterocycles. The number of rotatable bonds is 7. The molecule has 0 bridgehead atoms. The number of nitrogens with two attached hydrogens (primary N) is 1. The molecule has 0 spiro atoms. The quantitative estimate of drug-likeness (QED) is 0.0660. The van der Waals surface area contributed by atoms with Crippen molar-refractivity contribution >= 4 is 92.5 Å². The Bertz CT molecular complexity index is 1810. The van der Waals surface area contributed by atoms with Gasteiger partial charge in [-0.2, -0.15) is 26.3 Å². The van der Waals surface area contributed by atoms with Gasteiger partial charge in [0.05, 0.1) is 35.6 Å². The van der Waals surface area contributed by atoms with Crippen LogP contribution in [0.3, 0.4) is 0 Å². The van der Waals surface area contributed by atoms with Gasteiger partial charge in [0.2, 0.25) is 0 Å². The average Bonchev–Trinajstić information content (AvgIpc) is 3.64. The predicted molar refractivity (Wildman–Crippen MR) is 204 cm³/mol. The highest BCUT2D eigenvalue weighted by Crippen LogP contribution is 2.35. The van der Waals surface area contributed by atoms with Crippen molar-refractivity contribution in [3.63, 3.8) is 0 Å². The molecule has 2 N–H and O–H groups in total. The highest BCUT2D eigenvalue weighted by molar-refractivity contribution is 7.99. The van der Waals surface area contributed by atoms with E-state index in [4.69, 9.17) is 28.9 Å². The average molecular weight is 856 g/mol. The molecule has 0 fully saturated rings. The summed E-state index contributed by atoms with van der Waals surface area (Å²) in [5.74, 6) is -2.75. The highest BCUT2D eigenvalue weighted by atomic mass is 35.5. The Hall–Kier alpha value is -2.70. The Morgan fingerprint density at radius 3 is 1.60 bits per heavy atom. The molecule has 288 valence electrons. The number of hydrogen-bond donors (Lipinski definition) is 1. The largest absolute Gasteiger partial charge is 0.398 e. The standard InChI is InChI=1S/C16H15ClF4N2S2.C9H9F4NS.C7H8ClNOS.CH4/c1-9-6-10(18)11(7-13(9)24-8-16(19,20)21)22-15(23(2)3)12-4-5-14(17)25-12;1-5-2-6(10)7(14)3-8(5)15-4-9(11,12)13;1-9(2)7(10)5-3-4-6(8)11-5;/h4-7H,8H2,1-3H3;2-3H,4,14H2,1H3;3-4H,1-2H3;1H4. The normalized spacial score (nSPS) is 11.5. The van der Waals surface area contributed by atoms with Crippen LogP contribution in [-0.4, -0.2) is 73.6 Å². The number of amidine groups is 1. The van der Waals surface area contributed by atoms with E-state index in [0.29, 0.717) is 63.8 Å². The van der Waals surface area contributed by atoms with Gasteiger partial charge < -0.3 is 15.5 Å². The number of aryl methyl sites for hydroxylation is 2. The first-order valence-electron chi connectivity index (χ1n) is 14.2. The molecular weight excluding hydrogens is 820 g/mol. The lowest BCUT2D eigenvalue weighted by Crippen LogP contribution is -2.21. The molecule has 0 aliphatic heterocycles. The molecule has 19 heteroatoms. The van der Waals surface area contributed by atoms with Crippen molar-refractivity contribution in [2.75, 3.05) is 45.4 Å². The van der Waals surface area contributed by atoms with Crippen LogP contribution in [0.5, 0.6) is 0 Å². The molecule has 0 radical (unpaired) electrons. The van der Waals surface area contributed by atoms with Crippen molar-refractivity contribution in [3.8, 4) is 0 Å². The van der Waals surface area contributed by atoms with Crippen molar-refractivity contribution in [2.24, 2.45) is 4.99 Å². The summed E-state index contributed by atoms with van der Waals surface area (Å²) >= 11 is 15.4. The summed E-state index contributed by atoms with van der Waals surface area (Å²) in [6, 6.07) is 11.8. The van der Waals surface area contributed by atoms with Crippen molar-refractivity contribution in [1.82, 2.24) is 9.80 Å². The van der Waals surface area contributed by atoms with Crippen molar-refractivity contribution in [3.05, 3.63) is 89.7 Å². The number of halogens is 10. The zero-order valence-corrected chi connectivity index (χ0v) is 32.6. The van der Waals surface area contributed by atoms with Gasteiger partial charge in [-0.25, -0.2) is 13.8 Å². The number of thioether (sulfide) groups is 2. The van der Waals surface area contributed by atoms with Crippen molar-refractivity contribution in [1.29, 1.82) is 0 Å². The number of hydrogen-bond acceptors (Lipinski definition) is 7. The van der Waals surface area contributed by atoms with E-state index in [9.17, 15) is 39.9 Å². The number of benzene rings is 2. The highest BCUT2D eigenvalue weighted by Gasteiger charge is 2.28. The molecule has 0 saturated heterocycles. The number of carbonyl (C=O) groups is 1. The molecule has 0 saturated carbocycles. The predicted octanol–water partition coefficient (Wildman–Crippen LogP) is 12.3. The van der Waals surface area contributed by atoms with E-state index in [1.54, 1.807) is 71.2 Å². The van der Waals surface area contributed by atoms with Gasteiger partial charge in [-0.1, -0.05) is 30.6 Å². The molecule has 52 heavy (non-hydrogen) atoms. The molecule has 0 unspecified atom stereocenters. The maximum absolute atomic E-state index is 14.3. The van der Waals surface area contributed by atoms with Crippen LogP contribution < -0.4 is 5.73 Å². The van der Waals surface area contributed by atoms with E-state index in [1.807, 2.05) is 0 Å². The van der Waals surface area contributed by atoms with E-state index < -0.39 is 35.5 Å². The van der Waals surface area contributed by atoms with E-state index >= 15 is 0 Å². The Morgan fingerprint density at radius 2 is 1.19 bits per heavy atom. The lowest BCUT2D eigenvalue weighted by atomic mass is 10.2. The fourth-order valence-corrected chi connectivity index (χ4v) is 7.40. The second-order valence-electron chi connectivity index (χ2n) is 10.8. The zero-order chi connectivity index (χ0) is 38.8. The minimum Gasteiger partial charge on any atom is -0.396 e. The van der Waals surface area contributed by atoms with Gasteiger partial charge in [-0.15, -0.1) is 46.2 Å². The van der Waals surface area contributed by atoms with E-state index in [2.05, 4.69) is 4.99 Å². The number of nitrogen functional groups attached to an aromatic ring is 1. The van der Waals surface area contributed by atoms with Gasteiger partial charge in [0.25, 0.3) is 5.91 Å². The molecule has 4 aromatic rings. The Morgan fingerprint density at radius 1 is 0.750 bits per heavy atom. The topological polar surface area (TPSA) is 61.9 Å². The lowest BCUT2D eigenvalue weighted by molar-refractivity contribution is -0.106. The maximum atomic E-state index is 14.3. The zero-order valence-electron chi connectivity index (χ0n) is 27.8. The second-order valence-corrected chi connectivity index (χ2v) is 16.2. The monoisotopic (exact) mass is 854 g/mol. The number of thiophene rings is 2. The molecule has 2 heterocycles. The number of alkyl halides is 6. The summed E-state index contributed by atoms with van der Waals surface area (Å²) in [6.07, 6.45) is -8.53. The number of anilines is 1. The first-order valence-corrected chi connectivity index (χ1v) is 18.6. The number of aliphatic imine (C=N–C) groups is 1. The van der Waals surface area contributed by atoms with Gasteiger partial charge in [0.1, 0.15) is 23.2 Å². The molecule has 5 nitrogen and oxygen atoms in total. The third kappa shape index (κ3) is 16.1. The maximum Gasteiger partial charge on any atom is 0.398 e. The fraction of sp³-hybridized carbons (Fsp3) is 0.333. The van der Waals surface area contributed by atoms with Gasteiger partial charge >= 0.3 is 12.4 Å². The van der Waals surface area contributed by atoms with Crippen LogP contribution in [0, 0.1) is 25.5 Å². The van der Waals surface area contributed by atoms with Crippen LogP contribution in [0.4, 0.5) is 46.5 Å². The summed E-state index contributed by atoms with van der Waals surface area (Å²) in [5.41, 5.74) is 6.01. The summed E-state index contributed by atoms with van der Waals surface area (Å²) in [7, 11) is 6.93. The third-order valence-corrected chi connectivity index (χ3v) is 10.8. The third-order valence-electron chi connectivity index (χ3n) is 5.96. The first-order chi connectivity index (χ1) is 23.5. The van der Waals surface area contributed by atoms with Gasteiger partial charge in [0.15, 0.2) is 0 Å². The smallest absolute Gasteiger partial charge is 0.396 e. The molecule has 0 atom stereocenters. The summed E-state index contributed by atoms with van der Waals surface area (Å²) in [5, 5.41) is 0. The van der Waals surface area contributed by atoms with Gasteiger partial charge in [-0.3, -0.25) is 4.79 Å². The first kappa shape index (κ1) is 47.3. The minimum absolute atomic E-state index is 0. The molecule has 0 aliphatic carbocycles. The van der Waals surface area contributed by atoms with Crippen molar-refractivity contribution in [2.45, 2.75) is 43.4 Å². The van der Waals surface area contributed by atoms with E-state index in [0.717, 1.165) is 10.9 Å². The summed E-state index contributed by atoms with van der Waals surface area (Å²) < 4.78 is 101. The Kier molecular flexibility index (Phi) is 18.8. The molecule has 2 aromatic carbocycles. The Labute approximate surface area is 324 Å². The molecular formula is C33H36Cl2F8N4OS4. The van der Waals surface area contributed by atoms with Crippen LogP contribution in [0.1, 0.15) is 33.1 Å². The number of amides is 1. The SMILES string of the molecule is C.CN(C)C(=O)c1ccc(Cl)s1.Cc1cc(F)c(N)cc1SCC(F)(F)F.Cc1cc(F)c(N=C(c2ccc(Cl)s2)N(C)C)cc1SCC(F)(F)F. The van der Waals surface area contributed by atoms with E-state index in [-0.39, 0.29) is 24.7 Å². The van der Waals surface area contributed by atoms with Crippen LogP contribution in [0.15, 0.2) is 63.3 Å². The molecule has 1 amide bonds. The van der Waals surface area contributed by atoms with Crippen LogP contribution >= 0.6 is 69.4 Å². The van der Waals surface area contributed by atoms with Crippen LogP contribution in [0.2, 0.25) is 8.67 Å². The second kappa shape index (κ2) is 20.7. The van der Waals surface area contributed by atoms with E-state index in [1.165, 1.54) is 45.8 Å². The lowest BCUT2D eigenvalue weighted by Gasteiger charge is -2.15. The van der Waals surface area contributed by atoms with Crippen molar-refractivity contribution < 1.29 is 39.9 Å². The minimum atomic E-state index is -4.29. The Balaban J connectivity index is 0.000000426. The summed E-state index contributed by atoms with van der Waals surface area (Å²) in [6.45, 7) is 3.11. The molecule has 4 rings (SSSR count). The van der Waals surface area contributed by atoms with Crippen LogP contribution in [-0.2, 0) is 0 Å². The van der Waals surface area contributed by atoms with Crippen LogP contribution in [0.25, 0.3) is 0 Å². The van der Waals surface area contributed by atoms with Gasteiger partial charge in [-0.05, 0) is 73.5 Å².